The lowest BCUT2D eigenvalue weighted by Gasteiger charge is -2.10. The standard InChI is InChI=1S/C15H11ClN4/c16-13-9-19-7-5-11(13)12-3-4-14(17)20-15(12)10-2-1-6-18-8-10/h1-9H,(H2,17,20). The van der Waals surface area contributed by atoms with Crippen molar-refractivity contribution < 1.29 is 0 Å². The maximum Gasteiger partial charge on any atom is 0.124 e. The molecule has 4 nitrogen and oxygen atoms in total. The van der Waals surface area contributed by atoms with Crippen molar-refractivity contribution in [3.05, 3.63) is 60.1 Å². The summed E-state index contributed by atoms with van der Waals surface area (Å²) in [5.41, 5.74) is 9.22. The Hall–Kier alpha value is -2.46. The van der Waals surface area contributed by atoms with Crippen LogP contribution in [0.5, 0.6) is 0 Å². The van der Waals surface area contributed by atoms with Gasteiger partial charge < -0.3 is 5.73 Å². The second-order valence-electron chi connectivity index (χ2n) is 4.23. The molecule has 3 heterocycles. The van der Waals surface area contributed by atoms with Crippen LogP contribution in [0.1, 0.15) is 0 Å². The van der Waals surface area contributed by atoms with Gasteiger partial charge in [0.05, 0.1) is 10.7 Å². The van der Waals surface area contributed by atoms with E-state index in [4.69, 9.17) is 17.3 Å². The predicted molar refractivity (Wildman–Crippen MR) is 80.1 cm³/mol. The first-order valence-corrected chi connectivity index (χ1v) is 6.40. The van der Waals surface area contributed by atoms with Gasteiger partial charge in [-0.05, 0) is 30.3 Å². The molecular formula is C15H11ClN4. The quantitative estimate of drug-likeness (QED) is 0.782. The Balaban J connectivity index is 2.25. The highest BCUT2D eigenvalue weighted by molar-refractivity contribution is 6.33. The summed E-state index contributed by atoms with van der Waals surface area (Å²) in [6.45, 7) is 0. The molecule has 2 N–H and O–H groups in total. The molecule has 0 fully saturated rings. The normalized spacial score (nSPS) is 10.4. The summed E-state index contributed by atoms with van der Waals surface area (Å²) < 4.78 is 0. The van der Waals surface area contributed by atoms with E-state index in [0.29, 0.717) is 10.8 Å². The first kappa shape index (κ1) is 12.6. The third-order valence-electron chi connectivity index (χ3n) is 2.91. The fraction of sp³-hybridized carbons (Fsp3) is 0. The van der Waals surface area contributed by atoms with Crippen molar-refractivity contribution in [1.82, 2.24) is 15.0 Å². The first-order chi connectivity index (χ1) is 9.75. The number of nitrogen functional groups attached to an aromatic ring is 1. The molecule has 0 saturated heterocycles. The zero-order chi connectivity index (χ0) is 13.9. The SMILES string of the molecule is Nc1ccc(-c2ccncc2Cl)c(-c2cccnc2)n1. The molecule has 5 heteroatoms. The van der Waals surface area contributed by atoms with E-state index < -0.39 is 0 Å². The van der Waals surface area contributed by atoms with Crippen molar-refractivity contribution >= 4 is 17.4 Å². The largest absolute Gasteiger partial charge is 0.384 e. The number of nitrogens with two attached hydrogens (primary N) is 1. The molecule has 0 aliphatic rings. The van der Waals surface area contributed by atoms with Crippen molar-refractivity contribution in [2.24, 2.45) is 0 Å². The third kappa shape index (κ3) is 2.33. The molecule has 0 saturated carbocycles. The summed E-state index contributed by atoms with van der Waals surface area (Å²) in [5.74, 6) is 0.456. The molecule has 0 amide bonds. The summed E-state index contributed by atoms with van der Waals surface area (Å²) in [4.78, 5) is 12.5. The average Bonchev–Trinajstić information content (AvgIpc) is 2.49. The molecule has 3 aromatic heterocycles. The van der Waals surface area contributed by atoms with Gasteiger partial charge in [-0.1, -0.05) is 11.6 Å². The van der Waals surface area contributed by atoms with Crippen LogP contribution in [0.4, 0.5) is 5.82 Å². The number of hydrogen-bond acceptors (Lipinski definition) is 4. The molecule has 0 bridgehead atoms. The molecule has 0 unspecified atom stereocenters. The van der Waals surface area contributed by atoms with Gasteiger partial charge in [0.2, 0.25) is 0 Å². The van der Waals surface area contributed by atoms with Crippen molar-refractivity contribution in [3.63, 3.8) is 0 Å². The minimum absolute atomic E-state index is 0.456. The molecule has 0 spiro atoms. The molecule has 0 aromatic carbocycles. The zero-order valence-electron chi connectivity index (χ0n) is 10.5. The van der Waals surface area contributed by atoms with E-state index in [0.717, 1.165) is 22.4 Å². The monoisotopic (exact) mass is 282 g/mol. The second kappa shape index (κ2) is 5.27. The Labute approximate surface area is 121 Å². The Morgan fingerprint density at radius 2 is 1.75 bits per heavy atom. The fourth-order valence-electron chi connectivity index (χ4n) is 2.01. The molecule has 0 atom stereocenters. The summed E-state index contributed by atoms with van der Waals surface area (Å²) >= 11 is 6.22. The lowest BCUT2D eigenvalue weighted by Crippen LogP contribution is -1.96. The van der Waals surface area contributed by atoms with Crippen LogP contribution in [0.25, 0.3) is 22.4 Å². The Morgan fingerprint density at radius 1 is 0.900 bits per heavy atom. The Kier molecular flexibility index (Phi) is 3.31. The summed E-state index contributed by atoms with van der Waals surface area (Å²) in [6, 6.07) is 9.32. The zero-order valence-corrected chi connectivity index (χ0v) is 11.2. The van der Waals surface area contributed by atoms with Crippen LogP contribution in [0.2, 0.25) is 5.02 Å². The number of pyridine rings is 3. The number of hydrogen-bond donors (Lipinski definition) is 1. The van der Waals surface area contributed by atoms with Crippen molar-refractivity contribution in [2.45, 2.75) is 0 Å². The molecule has 20 heavy (non-hydrogen) atoms. The Bertz CT molecular complexity index is 744. The van der Waals surface area contributed by atoms with Gasteiger partial charge >= 0.3 is 0 Å². The van der Waals surface area contributed by atoms with Gasteiger partial charge in [-0.25, -0.2) is 4.98 Å². The molecule has 0 aliphatic heterocycles. The van der Waals surface area contributed by atoms with Crippen LogP contribution in [-0.2, 0) is 0 Å². The number of halogens is 1. The molecule has 0 radical (unpaired) electrons. The second-order valence-corrected chi connectivity index (χ2v) is 4.64. The minimum Gasteiger partial charge on any atom is -0.384 e. The highest BCUT2D eigenvalue weighted by Gasteiger charge is 2.12. The van der Waals surface area contributed by atoms with E-state index in [2.05, 4.69) is 15.0 Å². The van der Waals surface area contributed by atoms with E-state index >= 15 is 0 Å². The molecule has 98 valence electrons. The van der Waals surface area contributed by atoms with E-state index in [-0.39, 0.29) is 0 Å². The van der Waals surface area contributed by atoms with Gasteiger partial charge in [-0.3, -0.25) is 9.97 Å². The topological polar surface area (TPSA) is 64.7 Å². The number of aromatic nitrogens is 3. The maximum absolute atomic E-state index is 6.22. The first-order valence-electron chi connectivity index (χ1n) is 6.02. The highest BCUT2D eigenvalue weighted by Crippen LogP contribution is 2.34. The van der Waals surface area contributed by atoms with Gasteiger partial charge in [0.15, 0.2) is 0 Å². The number of rotatable bonds is 2. The smallest absolute Gasteiger partial charge is 0.124 e. The van der Waals surface area contributed by atoms with Crippen molar-refractivity contribution in [3.8, 4) is 22.4 Å². The summed E-state index contributed by atoms with van der Waals surface area (Å²) in [6.07, 6.45) is 6.78. The Morgan fingerprint density at radius 3 is 2.50 bits per heavy atom. The van der Waals surface area contributed by atoms with Gasteiger partial charge in [-0.2, -0.15) is 0 Å². The average molecular weight is 283 g/mol. The van der Waals surface area contributed by atoms with E-state index in [9.17, 15) is 0 Å². The highest BCUT2D eigenvalue weighted by atomic mass is 35.5. The van der Waals surface area contributed by atoms with Crippen LogP contribution in [-0.4, -0.2) is 15.0 Å². The summed E-state index contributed by atoms with van der Waals surface area (Å²) in [5, 5.41) is 0.573. The lowest BCUT2D eigenvalue weighted by molar-refractivity contribution is 1.28. The van der Waals surface area contributed by atoms with Gasteiger partial charge in [-0.15, -0.1) is 0 Å². The van der Waals surface area contributed by atoms with E-state index in [1.54, 1.807) is 30.9 Å². The number of nitrogens with zero attached hydrogens (tertiary/aromatic N) is 3. The van der Waals surface area contributed by atoms with Crippen LogP contribution in [0.3, 0.4) is 0 Å². The van der Waals surface area contributed by atoms with Crippen molar-refractivity contribution in [1.29, 1.82) is 0 Å². The van der Waals surface area contributed by atoms with Gasteiger partial charge in [0.25, 0.3) is 0 Å². The van der Waals surface area contributed by atoms with Crippen LogP contribution in [0, 0.1) is 0 Å². The molecule has 3 rings (SSSR count). The van der Waals surface area contributed by atoms with Gasteiger partial charge in [0.1, 0.15) is 5.82 Å². The lowest BCUT2D eigenvalue weighted by atomic mass is 10.0. The fourth-order valence-corrected chi connectivity index (χ4v) is 2.23. The maximum atomic E-state index is 6.22. The van der Waals surface area contributed by atoms with Crippen LogP contribution >= 0.6 is 11.6 Å². The van der Waals surface area contributed by atoms with Crippen LogP contribution in [0.15, 0.2) is 55.1 Å². The predicted octanol–water partition coefficient (Wildman–Crippen LogP) is 3.44. The van der Waals surface area contributed by atoms with Crippen LogP contribution < -0.4 is 5.73 Å². The minimum atomic E-state index is 0.456. The third-order valence-corrected chi connectivity index (χ3v) is 3.22. The molecule has 3 aromatic rings. The molecule has 0 aliphatic carbocycles. The summed E-state index contributed by atoms with van der Waals surface area (Å²) in [7, 11) is 0. The van der Waals surface area contributed by atoms with E-state index in [1.165, 1.54) is 0 Å². The molecular weight excluding hydrogens is 272 g/mol. The van der Waals surface area contributed by atoms with E-state index in [1.807, 2.05) is 24.3 Å². The number of anilines is 1. The van der Waals surface area contributed by atoms with Crippen molar-refractivity contribution in [2.75, 3.05) is 5.73 Å². The van der Waals surface area contributed by atoms with Gasteiger partial charge in [0, 0.05) is 41.5 Å².